The molecule has 4 heteroatoms. The zero-order valence-electron chi connectivity index (χ0n) is 12.0. The molecule has 0 aromatic heterocycles. The summed E-state index contributed by atoms with van der Waals surface area (Å²) >= 11 is 3.41. The lowest BCUT2D eigenvalue weighted by Crippen LogP contribution is -2.30. The first-order valence-corrected chi connectivity index (χ1v) is 7.08. The van der Waals surface area contributed by atoms with Crippen molar-refractivity contribution < 1.29 is 14.6 Å². The highest BCUT2D eigenvalue weighted by molar-refractivity contribution is 9.10. The summed E-state index contributed by atoms with van der Waals surface area (Å²) in [6.45, 7) is 9.06. The monoisotopic (exact) mass is 328 g/mol. The second kappa shape index (κ2) is 6.06. The van der Waals surface area contributed by atoms with Crippen LogP contribution in [0.2, 0.25) is 0 Å². The molecule has 1 rings (SSSR count). The molecule has 0 saturated heterocycles. The summed E-state index contributed by atoms with van der Waals surface area (Å²) in [6.07, 6.45) is -0.860. The average molecular weight is 329 g/mol. The van der Waals surface area contributed by atoms with Crippen LogP contribution in [0.15, 0.2) is 22.7 Å². The second-order valence-corrected chi connectivity index (χ2v) is 6.63. The van der Waals surface area contributed by atoms with E-state index in [1.165, 1.54) is 0 Å². The number of carbonyl (C=O) groups is 1. The minimum atomic E-state index is -0.860. The molecule has 1 aromatic rings. The molecule has 3 nitrogen and oxygen atoms in total. The lowest BCUT2D eigenvalue weighted by atomic mass is 9.96. The zero-order chi connectivity index (χ0) is 14.8. The molecule has 2 atom stereocenters. The minimum Gasteiger partial charge on any atom is -0.460 e. The molecule has 106 valence electrons. The van der Waals surface area contributed by atoms with Crippen molar-refractivity contribution in [2.45, 2.75) is 46.3 Å². The van der Waals surface area contributed by atoms with Gasteiger partial charge < -0.3 is 9.84 Å². The van der Waals surface area contributed by atoms with Crippen LogP contribution in [0.5, 0.6) is 0 Å². The molecule has 0 saturated carbocycles. The fourth-order valence-electron chi connectivity index (χ4n) is 1.66. The van der Waals surface area contributed by atoms with Crippen LogP contribution in [0.3, 0.4) is 0 Å². The zero-order valence-corrected chi connectivity index (χ0v) is 13.6. The number of aliphatic hydroxyl groups is 1. The van der Waals surface area contributed by atoms with Gasteiger partial charge in [-0.2, -0.15) is 0 Å². The normalized spacial score (nSPS) is 14.9. The predicted octanol–water partition coefficient (Wildman–Crippen LogP) is 3.77. The fourth-order valence-corrected chi connectivity index (χ4v) is 1.91. The SMILES string of the molecule is Cc1cc(C(O)C(C)C(=O)OC(C)(C)C)ccc1Br. The summed E-state index contributed by atoms with van der Waals surface area (Å²) < 4.78 is 6.27. The van der Waals surface area contributed by atoms with E-state index in [4.69, 9.17) is 4.74 Å². The first-order chi connectivity index (χ1) is 8.61. The average Bonchev–Trinajstić information content (AvgIpc) is 2.28. The Hall–Kier alpha value is -0.870. The third-order valence-corrected chi connectivity index (χ3v) is 3.67. The first kappa shape index (κ1) is 16.2. The van der Waals surface area contributed by atoms with Crippen molar-refractivity contribution in [3.05, 3.63) is 33.8 Å². The molecular formula is C15H21BrO3. The Balaban J connectivity index is 2.84. The van der Waals surface area contributed by atoms with Gasteiger partial charge in [0.05, 0.1) is 12.0 Å². The lowest BCUT2D eigenvalue weighted by Gasteiger charge is -2.25. The van der Waals surface area contributed by atoms with Gasteiger partial charge in [-0.15, -0.1) is 0 Å². The Bertz CT molecular complexity index is 463. The van der Waals surface area contributed by atoms with Gasteiger partial charge in [-0.05, 0) is 51.8 Å². The number of rotatable bonds is 3. The highest BCUT2D eigenvalue weighted by Crippen LogP contribution is 2.27. The number of benzene rings is 1. The Morgan fingerprint density at radius 3 is 2.42 bits per heavy atom. The molecule has 1 N–H and O–H groups in total. The van der Waals surface area contributed by atoms with Crippen molar-refractivity contribution in [2.75, 3.05) is 0 Å². The third kappa shape index (κ3) is 4.62. The lowest BCUT2D eigenvalue weighted by molar-refractivity contribution is -0.163. The maximum absolute atomic E-state index is 11.9. The molecule has 2 unspecified atom stereocenters. The number of halogens is 1. The molecule has 0 aliphatic rings. The molecular weight excluding hydrogens is 308 g/mol. The van der Waals surface area contributed by atoms with E-state index in [-0.39, 0.29) is 5.97 Å². The Morgan fingerprint density at radius 1 is 1.37 bits per heavy atom. The van der Waals surface area contributed by atoms with Crippen molar-refractivity contribution >= 4 is 21.9 Å². The summed E-state index contributed by atoms with van der Waals surface area (Å²) in [5, 5.41) is 10.3. The number of hydrogen-bond donors (Lipinski definition) is 1. The van der Waals surface area contributed by atoms with Gasteiger partial charge in [-0.25, -0.2) is 0 Å². The van der Waals surface area contributed by atoms with Gasteiger partial charge >= 0.3 is 5.97 Å². The molecule has 0 spiro atoms. The summed E-state index contributed by atoms with van der Waals surface area (Å²) in [6, 6.07) is 5.55. The molecule has 0 amide bonds. The highest BCUT2D eigenvalue weighted by atomic mass is 79.9. The molecule has 0 fully saturated rings. The maximum Gasteiger partial charge on any atom is 0.312 e. The third-order valence-electron chi connectivity index (χ3n) is 2.78. The van der Waals surface area contributed by atoms with Gasteiger partial charge in [0.2, 0.25) is 0 Å². The van der Waals surface area contributed by atoms with Crippen LogP contribution in [-0.4, -0.2) is 16.7 Å². The fraction of sp³-hybridized carbons (Fsp3) is 0.533. The maximum atomic E-state index is 11.9. The molecule has 0 aliphatic carbocycles. The summed E-state index contributed by atoms with van der Waals surface area (Å²) in [7, 11) is 0. The largest absolute Gasteiger partial charge is 0.460 e. The smallest absolute Gasteiger partial charge is 0.312 e. The van der Waals surface area contributed by atoms with Crippen molar-refractivity contribution in [3.8, 4) is 0 Å². The Kier molecular flexibility index (Phi) is 5.16. The molecule has 19 heavy (non-hydrogen) atoms. The summed E-state index contributed by atoms with van der Waals surface area (Å²) in [4.78, 5) is 11.9. The number of hydrogen-bond acceptors (Lipinski definition) is 3. The topological polar surface area (TPSA) is 46.5 Å². The van der Waals surface area contributed by atoms with Crippen molar-refractivity contribution in [1.29, 1.82) is 0 Å². The van der Waals surface area contributed by atoms with E-state index < -0.39 is 17.6 Å². The van der Waals surface area contributed by atoms with E-state index in [2.05, 4.69) is 15.9 Å². The van der Waals surface area contributed by atoms with Gasteiger partial charge in [0.1, 0.15) is 5.60 Å². The van der Waals surface area contributed by atoms with Crippen LogP contribution in [-0.2, 0) is 9.53 Å². The van der Waals surface area contributed by atoms with Crippen molar-refractivity contribution in [2.24, 2.45) is 5.92 Å². The van der Waals surface area contributed by atoms with Gasteiger partial charge in [-0.3, -0.25) is 4.79 Å². The Morgan fingerprint density at radius 2 is 1.95 bits per heavy atom. The molecule has 0 aliphatic heterocycles. The quantitative estimate of drug-likeness (QED) is 0.859. The van der Waals surface area contributed by atoms with Gasteiger partial charge in [0, 0.05) is 4.47 Å². The Labute approximate surface area is 123 Å². The molecule has 0 bridgehead atoms. The van der Waals surface area contributed by atoms with E-state index in [0.29, 0.717) is 0 Å². The van der Waals surface area contributed by atoms with Crippen LogP contribution < -0.4 is 0 Å². The standard InChI is InChI=1S/C15H21BrO3/c1-9-8-11(6-7-12(9)16)13(17)10(2)14(18)19-15(3,4)5/h6-8,10,13,17H,1-5H3. The number of aliphatic hydroxyl groups excluding tert-OH is 1. The summed E-state index contributed by atoms with van der Waals surface area (Å²) in [5.41, 5.74) is 1.20. The van der Waals surface area contributed by atoms with E-state index >= 15 is 0 Å². The van der Waals surface area contributed by atoms with Crippen LogP contribution in [0.4, 0.5) is 0 Å². The highest BCUT2D eigenvalue weighted by Gasteiger charge is 2.28. The van der Waals surface area contributed by atoms with Crippen molar-refractivity contribution in [1.82, 2.24) is 0 Å². The first-order valence-electron chi connectivity index (χ1n) is 6.29. The van der Waals surface area contributed by atoms with Crippen LogP contribution in [0, 0.1) is 12.8 Å². The van der Waals surface area contributed by atoms with E-state index in [9.17, 15) is 9.90 Å². The van der Waals surface area contributed by atoms with Crippen LogP contribution in [0.25, 0.3) is 0 Å². The minimum absolute atomic E-state index is 0.388. The van der Waals surface area contributed by atoms with Crippen LogP contribution >= 0.6 is 15.9 Å². The van der Waals surface area contributed by atoms with Gasteiger partial charge in [0.15, 0.2) is 0 Å². The molecule has 0 heterocycles. The summed E-state index contributed by atoms with van der Waals surface area (Å²) in [5.74, 6) is -0.986. The number of aryl methyl sites for hydroxylation is 1. The second-order valence-electron chi connectivity index (χ2n) is 5.78. The predicted molar refractivity (Wildman–Crippen MR) is 78.8 cm³/mol. The molecule has 1 aromatic carbocycles. The van der Waals surface area contributed by atoms with Gasteiger partial charge in [0.25, 0.3) is 0 Å². The van der Waals surface area contributed by atoms with E-state index in [1.54, 1.807) is 6.92 Å². The number of ether oxygens (including phenoxy) is 1. The van der Waals surface area contributed by atoms with Crippen LogP contribution in [0.1, 0.15) is 44.9 Å². The van der Waals surface area contributed by atoms with Crippen molar-refractivity contribution in [3.63, 3.8) is 0 Å². The van der Waals surface area contributed by atoms with E-state index in [0.717, 1.165) is 15.6 Å². The van der Waals surface area contributed by atoms with Gasteiger partial charge in [-0.1, -0.05) is 28.1 Å². The molecule has 0 radical (unpaired) electrons. The number of carbonyl (C=O) groups excluding carboxylic acids is 1. The number of esters is 1. The van der Waals surface area contributed by atoms with E-state index in [1.807, 2.05) is 45.9 Å².